The zero-order valence-electron chi connectivity index (χ0n) is 17.4. The number of nitrogens with zero attached hydrogens (tertiary/aromatic N) is 3. The van der Waals surface area contributed by atoms with Crippen LogP contribution in [0.2, 0.25) is 5.02 Å². The molecule has 0 aliphatic heterocycles. The Morgan fingerprint density at radius 3 is 2.63 bits per heavy atom. The molecule has 1 N–H and O–H groups in total. The van der Waals surface area contributed by atoms with Gasteiger partial charge in [-0.25, -0.2) is 13.4 Å². The van der Waals surface area contributed by atoms with Gasteiger partial charge < -0.3 is 9.88 Å². The molecule has 0 unspecified atom stereocenters. The van der Waals surface area contributed by atoms with E-state index in [0.29, 0.717) is 13.1 Å². The van der Waals surface area contributed by atoms with Crippen molar-refractivity contribution < 1.29 is 13.2 Å². The van der Waals surface area contributed by atoms with Crippen molar-refractivity contribution in [2.24, 2.45) is 0 Å². The van der Waals surface area contributed by atoms with Crippen LogP contribution in [-0.4, -0.2) is 47.8 Å². The average Bonchev–Trinajstić information content (AvgIpc) is 3.02. The lowest BCUT2D eigenvalue weighted by Gasteiger charge is -2.21. The number of amides is 1. The highest BCUT2D eigenvalue weighted by Crippen LogP contribution is 2.23. The molecular weight excluding hydrogens is 424 g/mol. The lowest BCUT2D eigenvalue weighted by Crippen LogP contribution is -2.33. The molecule has 0 aliphatic carbocycles. The number of sulfonamides is 1. The summed E-state index contributed by atoms with van der Waals surface area (Å²) in [6, 6.07) is 11.8. The molecule has 0 spiro atoms. The van der Waals surface area contributed by atoms with E-state index in [1.165, 1.54) is 29.6 Å². The highest BCUT2D eigenvalue weighted by atomic mass is 35.5. The molecule has 0 fully saturated rings. The van der Waals surface area contributed by atoms with Crippen LogP contribution >= 0.6 is 11.6 Å². The molecule has 9 heteroatoms. The van der Waals surface area contributed by atoms with E-state index in [0.717, 1.165) is 16.9 Å². The van der Waals surface area contributed by atoms with Crippen molar-refractivity contribution >= 4 is 38.6 Å². The molecule has 7 nitrogen and oxygen atoms in total. The predicted octanol–water partition coefficient (Wildman–Crippen LogP) is 3.46. The van der Waals surface area contributed by atoms with Crippen LogP contribution in [0.4, 0.5) is 0 Å². The Morgan fingerprint density at radius 1 is 1.23 bits per heavy atom. The third-order valence-electron chi connectivity index (χ3n) is 5.05. The first-order chi connectivity index (χ1) is 14.1. The number of imidazole rings is 1. The van der Waals surface area contributed by atoms with E-state index < -0.39 is 15.9 Å². The van der Waals surface area contributed by atoms with Crippen molar-refractivity contribution in [3.05, 3.63) is 58.9 Å². The Hall–Kier alpha value is -2.42. The summed E-state index contributed by atoms with van der Waals surface area (Å²) >= 11 is 6.18. The molecule has 3 rings (SSSR count). The number of nitrogens with one attached hydrogen (secondary N) is 1. The molecule has 0 saturated carbocycles. The van der Waals surface area contributed by atoms with E-state index in [9.17, 15) is 13.2 Å². The number of carbonyl (C=O) groups is 1. The van der Waals surface area contributed by atoms with Crippen LogP contribution in [0.3, 0.4) is 0 Å². The van der Waals surface area contributed by atoms with Crippen LogP contribution in [0.5, 0.6) is 0 Å². The van der Waals surface area contributed by atoms with Gasteiger partial charge in [0, 0.05) is 26.2 Å². The Morgan fingerprint density at radius 2 is 1.93 bits per heavy atom. The van der Waals surface area contributed by atoms with Crippen molar-refractivity contribution in [2.75, 3.05) is 13.6 Å². The predicted molar refractivity (Wildman–Crippen MR) is 118 cm³/mol. The molecular formula is C21H25ClN4O3S. The van der Waals surface area contributed by atoms with E-state index in [1.54, 1.807) is 13.8 Å². The van der Waals surface area contributed by atoms with Crippen LogP contribution in [0.25, 0.3) is 11.0 Å². The molecule has 30 heavy (non-hydrogen) atoms. The Balaban J connectivity index is 1.76. The Bertz CT molecular complexity index is 1190. The van der Waals surface area contributed by atoms with Crippen LogP contribution in [0.1, 0.15) is 30.0 Å². The van der Waals surface area contributed by atoms with E-state index >= 15 is 0 Å². The summed E-state index contributed by atoms with van der Waals surface area (Å²) in [7, 11) is -2.21. The second-order valence-electron chi connectivity index (χ2n) is 7.31. The lowest BCUT2D eigenvalue weighted by molar-refractivity contribution is 0.0952. The maximum absolute atomic E-state index is 12.7. The van der Waals surface area contributed by atoms with Gasteiger partial charge in [0.15, 0.2) is 0 Å². The molecule has 1 heterocycles. The fraction of sp³-hybridized carbons (Fsp3) is 0.333. The monoisotopic (exact) mass is 448 g/mol. The second-order valence-corrected chi connectivity index (χ2v) is 9.72. The van der Waals surface area contributed by atoms with Crippen molar-refractivity contribution in [3.63, 3.8) is 0 Å². The summed E-state index contributed by atoms with van der Waals surface area (Å²) < 4.78 is 28.7. The standard InChI is InChI=1S/C21H25ClN4O3S/c1-14(2)25(4)30(28,29)16-9-10-18(22)17(13-16)21(27)23-11-12-26-15(3)24-19-7-5-6-8-20(19)26/h5-10,13-14H,11-12H2,1-4H3,(H,23,27). The number of carbonyl (C=O) groups excluding carboxylic acids is 1. The van der Waals surface area contributed by atoms with Gasteiger partial charge in [-0.15, -0.1) is 0 Å². The van der Waals surface area contributed by atoms with Crippen LogP contribution < -0.4 is 5.32 Å². The van der Waals surface area contributed by atoms with Gasteiger partial charge in [0.2, 0.25) is 10.0 Å². The Kier molecular flexibility index (Phi) is 6.50. The number of halogens is 1. The molecule has 0 aliphatic rings. The first-order valence-corrected chi connectivity index (χ1v) is 11.4. The number of rotatable bonds is 7. The quantitative estimate of drug-likeness (QED) is 0.599. The zero-order chi connectivity index (χ0) is 22.1. The molecule has 1 aromatic heterocycles. The normalized spacial score (nSPS) is 12.1. The first-order valence-electron chi connectivity index (χ1n) is 9.60. The van der Waals surface area contributed by atoms with E-state index in [-0.39, 0.29) is 21.5 Å². The highest BCUT2D eigenvalue weighted by molar-refractivity contribution is 7.89. The van der Waals surface area contributed by atoms with Gasteiger partial charge >= 0.3 is 0 Å². The van der Waals surface area contributed by atoms with Crippen molar-refractivity contribution in [1.29, 1.82) is 0 Å². The van der Waals surface area contributed by atoms with Crippen LogP contribution in [0, 0.1) is 6.92 Å². The molecule has 0 saturated heterocycles. The number of aryl methyl sites for hydroxylation is 1. The molecule has 0 atom stereocenters. The first kappa shape index (κ1) is 22.3. The van der Waals surface area contributed by atoms with Crippen molar-refractivity contribution in [1.82, 2.24) is 19.2 Å². The summed E-state index contributed by atoms with van der Waals surface area (Å²) in [6.07, 6.45) is 0. The minimum absolute atomic E-state index is 0.0321. The molecule has 0 bridgehead atoms. The number of fused-ring (bicyclic) bond motifs is 1. The Labute approximate surface area is 181 Å². The van der Waals surface area contributed by atoms with Gasteiger partial charge in [0.1, 0.15) is 5.82 Å². The van der Waals surface area contributed by atoms with E-state index in [2.05, 4.69) is 10.3 Å². The maximum Gasteiger partial charge on any atom is 0.252 e. The summed E-state index contributed by atoms with van der Waals surface area (Å²) in [6.45, 7) is 6.35. The minimum atomic E-state index is -3.71. The summed E-state index contributed by atoms with van der Waals surface area (Å²) in [5.41, 5.74) is 2.02. The fourth-order valence-corrected chi connectivity index (χ4v) is 4.74. The smallest absolute Gasteiger partial charge is 0.252 e. The van der Waals surface area contributed by atoms with Gasteiger partial charge in [-0.1, -0.05) is 23.7 Å². The summed E-state index contributed by atoms with van der Waals surface area (Å²) in [4.78, 5) is 17.2. The second kappa shape index (κ2) is 8.75. The summed E-state index contributed by atoms with van der Waals surface area (Å²) in [5.74, 6) is 0.430. The molecule has 2 aromatic carbocycles. The fourth-order valence-electron chi connectivity index (χ4n) is 3.14. The third-order valence-corrected chi connectivity index (χ3v) is 7.41. The zero-order valence-corrected chi connectivity index (χ0v) is 19.0. The molecule has 1 amide bonds. The van der Waals surface area contributed by atoms with Crippen LogP contribution in [-0.2, 0) is 16.6 Å². The number of hydrogen-bond donors (Lipinski definition) is 1. The number of benzene rings is 2. The van der Waals surface area contributed by atoms with Gasteiger partial charge in [0.25, 0.3) is 5.91 Å². The lowest BCUT2D eigenvalue weighted by atomic mass is 10.2. The molecule has 3 aromatic rings. The van der Waals surface area contributed by atoms with Crippen molar-refractivity contribution in [3.8, 4) is 0 Å². The topological polar surface area (TPSA) is 84.3 Å². The maximum atomic E-state index is 12.7. The van der Waals surface area contributed by atoms with Gasteiger partial charge in [-0.2, -0.15) is 4.31 Å². The van der Waals surface area contributed by atoms with Gasteiger partial charge in [-0.05, 0) is 51.1 Å². The van der Waals surface area contributed by atoms with Gasteiger partial charge in [0.05, 0.1) is 26.5 Å². The largest absolute Gasteiger partial charge is 0.350 e. The number of hydrogen-bond acceptors (Lipinski definition) is 4. The van der Waals surface area contributed by atoms with E-state index in [1.807, 2.05) is 35.8 Å². The number of para-hydroxylation sites is 2. The summed E-state index contributed by atoms with van der Waals surface area (Å²) in [5, 5.41) is 3.02. The average molecular weight is 449 g/mol. The molecule has 0 radical (unpaired) electrons. The number of aromatic nitrogens is 2. The third kappa shape index (κ3) is 4.35. The van der Waals surface area contributed by atoms with Gasteiger partial charge in [-0.3, -0.25) is 4.79 Å². The molecule has 160 valence electrons. The van der Waals surface area contributed by atoms with E-state index in [4.69, 9.17) is 11.6 Å². The highest BCUT2D eigenvalue weighted by Gasteiger charge is 2.25. The minimum Gasteiger partial charge on any atom is -0.350 e. The van der Waals surface area contributed by atoms with Crippen molar-refractivity contribution in [2.45, 2.75) is 38.3 Å². The van der Waals surface area contributed by atoms with Crippen LogP contribution in [0.15, 0.2) is 47.4 Å². The SMILES string of the molecule is Cc1nc2ccccc2n1CCNC(=O)c1cc(S(=O)(=O)N(C)C(C)C)ccc1Cl.